The van der Waals surface area contributed by atoms with Gasteiger partial charge in [0.15, 0.2) is 0 Å². The molecular formula is C13H18N2O3. The van der Waals surface area contributed by atoms with E-state index >= 15 is 0 Å². The fourth-order valence-electron chi connectivity index (χ4n) is 2.24. The van der Waals surface area contributed by atoms with Crippen molar-refractivity contribution in [3.63, 3.8) is 0 Å². The Bertz CT molecular complexity index is 416. The molecule has 0 aliphatic carbocycles. The van der Waals surface area contributed by atoms with Crippen molar-refractivity contribution >= 4 is 5.97 Å². The van der Waals surface area contributed by atoms with Gasteiger partial charge in [0.05, 0.1) is 7.11 Å². The maximum Gasteiger partial charge on any atom is 0.327 e. The van der Waals surface area contributed by atoms with Crippen LogP contribution >= 0.6 is 0 Å². The molecule has 1 fully saturated rings. The summed E-state index contributed by atoms with van der Waals surface area (Å²) in [6.45, 7) is 3.28. The molecule has 0 aromatic heterocycles. The molecule has 5 nitrogen and oxygen atoms in total. The molecule has 1 saturated heterocycles. The number of benzene rings is 1. The van der Waals surface area contributed by atoms with Gasteiger partial charge in [0, 0.05) is 26.2 Å². The molecule has 1 aliphatic rings. The number of hydrogen-bond donors (Lipinski definition) is 2. The molecular weight excluding hydrogens is 232 g/mol. The summed E-state index contributed by atoms with van der Waals surface area (Å²) < 4.78 is 4.88. The summed E-state index contributed by atoms with van der Waals surface area (Å²) in [6, 6.07) is 6.34. The van der Waals surface area contributed by atoms with Crippen molar-refractivity contribution < 1.29 is 14.6 Å². The molecule has 18 heavy (non-hydrogen) atoms. The van der Waals surface area contributed by atoms with E-state index in [1.54, 1.807) is 18.2 Å². The highest BCUT2D eigenvalue weighted by atomic mass is 16.5. The number of piperazine rings is 1. The van der Waals surface area contributed by atoms with Gasteiger partial charge in [0.25, 0.3) is 0 Å². The number of rotatable bonds is 3. The Hall–Kier alpha value is -1.59. The molecule has 1 unspecified atom stereocenters. The Labute approximate surface area is 106 Å². The number of phenolic OH excluding ortho intramolecular Hbond substituents is 1. The van der Waals surface area contributed by atoms with Crippen LogP contribution in [0.1, 0.15) is 11.6 Å². The lowest BCUT2D eigenvalue weighted by atomic mass is 10.0. The minimum Gasteiger partial charge on any atom is -0.508 e. The summed E-state index contributed by atoms with van der Waals surface area (Å²) >= 11 is 0. The van der Waals surface area contributed by atoms with E-state index in [2.05, 4.69) is 10.2 Å². The van der Waals surface area contributed by atoms with Gasteiger partial charge < -0.3 is 15.2 Å². The van der Waals surface area contributed by atoms with Gasteiger partial charge in [-0.1, -0.05) is 12.1 Å². The molecule has 98 valence electrons. The zero-order valence-electron chi connectivity index (χ0n) is 10.4. The average molecular weight is 250 g/mol. The number of nitrogens with one attached hydrogen (secondary N) is 1. The number of phenols is 1. The molecule has 2 N–H and O–H groups in total. The normalized spacial score (nSPS) is 18.3. The lowest BCUT2D eigenvalue weighted by Crippen LogP contribution is -2.47. The van der Waals surface area contributed by atoms with E-state index in [9.17, 15) is 9.90 Å². The highest BCUT2D eigenvalue weighted by molar-refractivity contribution is 5.77. The maximum absolute atomic E-state index is 12.0. The van der Waals surface area contributed by atoms with Crippen LogP contribution in [-0.4, -0.2) is 49.3 Å². The molecule has 1 aromatic rings. The summed E-state index contributed by atoms with van der Waals surface area (Å²) in [5, 5.41) is 12.8. The third-order valence-electron chi connectivity index (χ3n) is 3.13. The third-order valence-corrected chi connectivity index (χ3v) is 3.13. The molecule has 5 heteroatoms. The smallest absolute Gasteiger partial charge is 0.327 e. The Morgan fingerprint density at radius 3 is 2.78 bits per heavy atom. The van der Waals surface area contributed by atoms with Crippen molar-refractivity contribution in [2.75, 3.05) is 33.3 Å². The maximum atomic E-state index is 12.0. The first kappa shape index (κ1) is 12.9. The number of nitrogens with zero attached hydrogens (tertiary/aromatic N) is 1. The molecule has 0 amide bonds. The summed E-state index contributed by atoms with van der Waals surface area (Å²) in [7, 11) is 1.39. The first-order valence-corrected chi connectivity index (χ1v) is 6.04. The van der Waals surface area contributed by atoms with Crippen LogP contribution in [0.15, 0.2) is 24.3 Å². The second-order valence-electron chi connectivity index (χ2n) is 4.31. The van der Waals surface area contributed by atoms with Crippen LogP contribution in [-0.2, 0) is 9.53 Å². The van der Waals surface area contributed by atoms with Gasteiger partial charge in [-0.25, -0.2) is 4.79 Å². The van der Waals surface area contributed by atoms with Crippen molar-refractivity contribution in [3.8, 4) is 5.75 Å². The Morgan fingerprint density at radius 2 is 2.17 bits per heavy atom. The Balaban J connectivity index is 2.26. The van der Waals surface area contributed by atoms with Crippen LogP contribution in [0, 0.1) is 0 Å². The van der Waals surface area contributed by atoms with Crippen molar-refractivity contribution in [3.05, 3.63) is 29.8 Å². The van der Waals surface area contributed by atoms with E-state index in [0.29, 0.717) is 0 Å². The second kappa shape index (κ2) is 5.84. The number of methoxy groups -OCH3 is 1. The molecule has 0 spiro atoms. The monoisotopic (exact) mass is 250 g/mol. The van der Waals surface area contributed by atoms with Crippen LogP contribution < -0.4 is 5.32 Å². The van der Waals surface area contributed by atoms with Crippen molar-refractivity contribution in [2.45, 2.75) is 6.04 Å². The summed E-state index contributed by atoms with van der Waals surface area (Å²) in [5.74, 6) is -0.126. The zero-order chi connectivity index (χ0) is 13.0. The molecule has 1 heterocycles. The van der Waals surface area contributed by atoms with Crippen LogP contribution in [0.25, 0.3) is 0 Å². The second-order valence-corrected chi connectivity index (χ2v) is 4.31. The lowest BCUT2D eigenvalue weighted by Gasteiger charge is -2.33. The van der Waals surface area contributed by atoms with E-state index in [0.717, 1.165) is 31.7 Å². The van der Waals surface area contributed by atoms with Gasteiger partial charge in [-0.05, 0) is 17.7 Å². The van der Waals surface area contributed by atoms with E-state index in [-0.39, 0.29) is 11.7 Å². The third kappa shape index (κ3) is 2.80. The van der Waals surface area contributed by atoms with E-state index < -0.39 is 6.04 Å². The van der Waals surface area contributed by atoms with Crippen molar-refractivity contribution in [2.24, 2.45) is 0 Å². The number of ether oxygens (including phenoxy) is 1. The number of esters is 1. The molecule has 0 saturated carbocycles. The molecule has 1 aliphatic heterocycles. The van der Waals surface area contributed by atoms with Gasteiger partial charge in [-0.3, -0.25) is 4.90 Å². The topological polar surface area (TPSA) is 61.8 Å². The highest BCUT2D eigenvalue weighted by Crippen LogP contribution is 2.25. The fourth-order valence-corrected chi connectivity index (χ4v) is 2.24. The molecule has 0 bridgehead atoms. The van der Waals surface area contributed by atoms with E-state index in [1.807, 2.05) is 6.07 Å². The summed E-state index contributed by atoms with van der Waals surface area (Å²) in [5.41, 5.74) is 0.767. The first-order valence-electron chi connectivity index (χ1n) is 6.04. The molecule has 1 atom stereocenters. The van der Waals surface area contributed by atoms with Crippen molar-refractivity contribution in [1.82, 2.24) is 10.2 Å². The molecule has 1 aromatic carbocycles. The van der Waals surface area contributed by atoms with Crippen LogP contribution in [0.2, 0.25) is 0 Å². The van der Waals surface area contributed by atoms with Gasteiger partial charge in [-0.2, -0.15) is 0 Å². The summed E-state index contributed by atoms with van der Waals surface area (Å²) in [4.78, 5) is 14.0. The van der Waals surface area contributed by atoms with Crippen LogP contribution in [0.5, 0.6) is 5.75 Å². The lowest BCUT2D eigenvalue weighted by molar-refractivity contribution is -0.147. The van der Waals surface area contributed by atoms with Gasteiger partial charge in [0.2, 0.25) is 0 Å². The van der Waals surface area contributed by atoms with Crippen LogP contribution in [0.3, 0.4) is 0 Å². The molecule has 2 rings (SSSR count). The predicted molar refractivity (Wildman–Crippen MR) is 67.3 cm³/mol. The number of carbonyl (C=O) groups excluding carboxylic acids is 1. The zero-order valence-corrected chi connectivity index (χ0v) is 10.4. The predicted octanol–water partition coefficient (Wildman–Crippen LogP) is 0.511. The van der Waals surface area contributed by atoms with E-state index in [4.69, 9.17) is 4.74 Å². The minimum absolute atomic E-state index is 0.163. The number of carbonyl (C=O) groups is 1. The Morgan fingerprint density at radius 1 is 1.44 bits per heavy atom. The number of hydrogen-bond acceptors (Lipinski definition) is 5. The highest BCUT2D eigenvalue weighted by Gasteiger charge is 2.29. The standard InChI is InChI=1S/C13H18N2O3/c1-18-13(17)12(15-7-5-14-6-8-15)10-3-2-4-11(16)9-10/h2-4,9,12,14,16H,5-8H2,1H3. The quantitative estimate of drug-likeness (QED) is 0.765. The minimum atomic E-state index is -0.441. The van der Waals surface area contributed by atoms with Crippen LogP contribution in [0.4, 0.5) is 0 Å². The SMILES string of the molecule is COC(=O)C(c1cccc(O)c1)N1CCNCC1. The van der Waals surface area contributed by atoms with Gasteiger partial charge in [-0.15, -0.1) is 0 Å². The van der Waals surface area contributed by atoms with Gasteiger partial charge in [0.1, 0.15) is 11.8 Å². The largest absolute Gasteiger partial charge is 0.508 e. The Kier molecular flexibility index (Phi) is 4.17. The van der Waals surface area contributed by atoms with E-state index in [1.165, 1.54) is 7.11 Å². The van der Waals surface area contributed by atoms with Crippen molar-refractivity contribution in [1.29, 1.82) is 0 Å². The van der Waals surface area contributed by atoms with Gasteiger partial charge >= 0.3 is 5.97 Å². The fraction of sp³-hybridized carbons (Fsp3) is 0.462. The first-order chi connectivity index (χ1) is 8.72. The number of aromatic hydroxyl groups is 1. The average Bonchev–Trinajstić information content (AvgIpc) is 2.40. The molecule has 0 radical (unpaired) electrons. The summed E-state index contributed by atoms with van der Waals surface area (Å²) in [6.07, 6.45) is 0.